The number of carbonyl (C=O) groups excluding carboxylic acids is 2. The van der Waals surface area contributed by atoms with Crippen LogP contribution in [0.25, 0.3) is 6.08 Å². The molecule has 4 rings (SSSR count). The topological polar surface area (TPSA) is 83.4 Å². The maximum absolute atomic E-state index is 12.6. The van der Waals surface area contributed by atoms with Crippen molar-refractivity contribution in [1.82, 2.24) is 0 Å². The zero-order valence-corrected chi connectivity index (χ0v) is 20.7. The van der Waals surface area contributed by atoms with Crippen LogP contribution in [0.15, 0.2) is 81.9 Å². The summed E-state index contributed by atoms with van der Waals surface area (Å²) in [6.07, 6.45) is 1.59. The van der Waals surface area contributed by atoms with Crippen LogP contribution in [-0.2, 0) is 9.53 Å². The molecule has 0 saturated heterocycles. The SMILES string of the molecule is CCOc1ccc(C2=N/C(=C\c3ccc(OC(=O)c4ccccc4Br)c(OCC)c3)C(=O)O2)cc1. The molecule has 1 aliphatic heterocycles. The van der Waals surface area contributed by atoms with Gasteiger partial charge in [0.15, 0.2) is 17.2 Å². The number of ether oxygens (including phenoxy) is 4. The first-order valence-corrected chi connectivity index (χ1v) is 11.8. The number of cyclic esters (lactones) is 1. The van der Waals surface area contributed by atoms with E-state index in [0.29, 0.717) is 40.1 Å². The number of carbonyl (C=O) groups is 2. The van der Waals surface area contributed by atoms with Crippen molar-refractivity contribution in [2.75, 3.05) is 13.2 Å². The third kappa shape index (κ3) is 5.78. The summed E-state index contributed by atoms with van der Waals surface area (Å²) in [4.78, 5) is 29.4. The standard InChI is InChI=1S/C27H22BrNO6/c1-3-32-19-12-10-18(11-13-19)25-29-22(27(31)35-25)15-17-9-14-23(24(16-17)33-4-2)34-26(30)20-7-5-6-8-21(20)28/h5-16H,3-4H2,1-2H3/b22-15-. The Bertz CT molecular complexity index is 1310. The summed E-state index contributed by atoms with van der Waals surface area (Å²) in [6.45, 7) is 4.66. The minimum absolute atomic E-state index is 0.147. The quantitative estimate of drug-likeness (QED) is 0.205. The molecule has 0 saturated carbocycles. The maximum atomic E-state index is 12.6. The van der Waals surface area contributed by atoms with E-state index in [-0.39, 0.29) is 17.3 Å². The number of benzene rings is 3. The van der Waals surface area contributed by atoms with Gasteiger partial charge in [0, 0.05) is 10.0 Å². The van der Waals surface area contributed by atoms with Gasteiger partial charge in [-0.25, -0.2) is 14.6 Å². The van der Waals surface area contributed by atoms with Gasteiger partial charge in [-0.15, -0.1) is 0 Å². The van der Waals surface area contributed by atoms with Crippen molar-refractivity contribution in [3.63, 3.8) is 0 Å². The van der Waals surface area contributed by atoms with Gasteiger partial charge in [-0.05, 0) is 89.9 Å². The average molecular weight is 536 g/mol. The van der Waals surface area contributed by atoms with Crippen LogP contribution in [-0.4, -0.2) is 31.1 Å². The Kier molecular flexibility index (Phi) is 7.62. The smallest absolute Gasteiger partial charge is 0.363 e. The molecule has 0 fully saturated rings. The number of hydrogen-bond acceptors (Lipinski definition) is 7. The molecule has 0 amide bonds. The van der Waals surface area contributed by atoms with E-state index in [1.165, 1.54) is 0 Å². The number of halogens is 1. The Labute approximate surface area is 211 Å². The average Bonchev–Trinajstić information content (AvgIpc) is 3.21. The van der Waals surface area contributed by atoms with Crippen LogP contribution in [0.2, 0.25) is 0 Å². The van der Waals surface area contributed by atoms with Crippen LogP contribution in [0.3, 0.4) is 0 Å². The van der Waals surface area contributed by atoms with E-state index in [9.17, 15) is 9.59 Å². The van der Waals surface area contributed by atoms with Gasteiger partial charge in [0.1, 0.15) is 5.75 Å². The Morgan fingerprint density at radius 2 is 1.71 bits per heavy atom. The molecule has 0 atom stereocenters. The predicted octanol–water partition coefficient (Wildman–Crippen LogP) is 5.81. The number of rotatable bonds is 8. The van der Waals surface area contributed by atoms with Gasteiger partial charge >= 0.3 is 11.9 Å². The molecule has 0 aliphatic carbocycles. The molecule has 0 radical (unpaired) electrons. The lowest BCUT2D eigenvalue weighted by Crippen LogP contribution is -2.10. The van der Waals surface area contributed by atoms with Gasteiger partial charge in [0.2, 0.25) is 5.90 Å². The Balaban J connectivity index is 1.57. The fourth-order valence-electron chi connectivity index (χ4n) is 3.30. The van der Waals surface area contributed by atoms with Gasteiger partial charge in [0.25, 0.3) is 0 Å². The van der Waals surface area contributed by atoms with E-state index < -0.39 is 11.9 Å². The summed E-state index contributed by atoms with van der Waals surface area (Å²) in [6, 6.07) is 19.1. The lowest BCUT2D eigenvalue weighted by Gasteiger charge is -2.12. The van der Waals surface area contributed by atoms with E-state index in [1.54, 1.807) is 66.7 Å². The van der Waals surface area contributed by atoms with Gasteiger partial charge in [0.05, 0.1) is 18.8 Å². The van der Waals surface area contributed by atoms with Gasteiger partial charge in [-0.3, -0.25) is 0 Å². The molecule has 1 aliphatic rings. The fraction of sp³-hybridized carbons (Fsp3) is 0.148. The highest BCUT2D eigenvalue weighted by Gasteiger charge is 2.24. The molecule has 0 bridgehead atoms. The largest absolute Gasteiger partial charge is 0.494 e. The first-order valence-electron chi connectivity index (χ1n) is 11.0. The summed E-state index contributed by atoms with van der Waals surface area (Å²) in [5, 5.41) is 0. The molecule has 35 heavy (non-hydrogen) atoms. The Morgan fingerprint density at radius 1 is 0.971 bits per heavy atom. The lowest BCUT2D eigenvalue weighted by molar-refractivity contribution is -0.129. The first kappa shape index (κ1) is 24.2. The second kappa shape index (κ2) is 11.0. The van der Waals surface area contributed by atoms with Crippen molar-refractivity contribution in [1.29, 1.82) is 0 Å². The van der Waals surface area contributed by atoms with E-state index in [2.05, 4.69) is 20.9 Å². The molecular weight excluding hydrogens is 514 g/mol. The van der Waals surface area contributed by atoms with Crippen LogP contribution >= 0.6 is 15.9 Å². The van der Waals surface area contributed by atoms with Crippen LogP contribution < -0.4 is 14.2 Å². The molecular formula is C27H22BrNO6. The summed E-state index contributed by atoms with van der Waals surface area (Å²) < 4.78 is 22.7. The van der Waals surface area contributed by atoms with E-state index in [0.717, 1.165) is 5.75 Å². The van der Waals surface area contributed by atoms with Crippen LogP contribution in [0.4, 0.5) is 0 Å². The molecule has 8 heteroatoms. The molecule has 1 heterocycles. The molecule has 178 valence electrons. The van der Waals surface area contributed by atoms with Crippen LogP contribution in [0.1, 0.15) is 35.3 Å². The minimum atomic E-state index is -0.559. The van der Waals surface area contributed by atoms with Crippen molar-refractivity contribution < 1.29 is 28.5 Å². The van der Waals surface area contributed by atoms with Gasteiger partial charge < -0.3 is 18.9 Å². The van der Waals surface area contributed by atoms with E-state index in [1.807, 2.05) is 19.9 Å². The molecule has 7 nitrogen and oxygen atoms in total. The van der Waals surface area contributed by atoms with E-state index in [4.69, 9.17) is 18.9 Å². The summed E-state index contributed by atoms with van der Waals surface area (Å²) in [5.74, 6) is 0.491. The molecule has 0 unspecified atom stereocenters. The Morgan fingerprint density at radius 3 is 2.43 bits per heavy atom. The summed E-state index contributed by atoms with van der Waals surface area (Å²) in [5.41, 5.74) is 1.84. The third-order valence-corrected chi connectivity index (χ3v) is 5.59. The molecule has 0 aromatic heterocycles. The summed E-state index contributed by atoms with van der Waals surface area (Å²) >= 11 is 3.36. The molecule has 0 spiro atoms. The molecule has 0 N–H and O–H groups in total. The monoisotopic (exact) mass is 535 g/mol. The summed E-state index contributed by atoms with van der Waals surface area (Å²) in [7, 11) is 0. The van der Waals surface area contributed by atoms with Crippen LogP contribution in [0, 0.1) is 0 Å². The van der Waals surface area contributed by atoms with Gasteiger partial charge in [-0.2, -0.15) is 0 Å². The highest BCUT2D eigenvalue weighted by Crippen LogP contribution is 2.31. The molecule has 3 aromatic rings. The van der Waals surface area contributed by atoms with Gasteiger partial charge in [-0.1, -0.05) is 18.2 Å². The third-order valence-electron chi connectivity index (χ3n) is 4.90. The highest BCUT2D eigenvalue weighted by atomic mass is 79.9. The normalized spacial score (nSPS) is 13.9. The highest BCUT2D eigenvalue weighted by molar-refractivity contribution is 9.10. The Hall–Kier alpha value is -3.91. The predicted molar refractivity (Wildman–Crippen MR) is 135 cm³/mol. The number of nitrogens with zero attached hydrogens (tertiary/aromatic N) is 1. The van der Waals surface area contributed by atoms with Crippen molar-refractivity contribution in [2.45, 2.75) is 13.8 Å². The zero-order valence-electron chi connectivity index (χ0n) is 19.1. The molecule has 3 aromatic carbocycles. The van der Waals surface area contributed by atoms with Crippen molar-refractivity contribution in [3.8, 4) is 17.2 Å². The lowest BCUT2D eigenvalue weighted by atomic mass is 10.1. The number of aliphatic imine (C=N–C) groups is 1. The number of hydrogen-bond donors (Lipinski definition) is 0. The van der Waals surface area contributed by atoms with Crippen molar-refractivity contribution >= 4 is 39.8 Å². The second-order valence-electron chi connectivity index (χ2n) is 7.30. The second-order valence-corrected chi connectivity index (χ2v) is 8.16. The van der Waals surface area contributed by atoms with Crippen LogP contribution in [0.5, 0.6) is 17.2 Å². The fourth-order valence-corrected chi connectivity index (χ4v) is 3.75. The van der Waals surface area contributed by atoms with Crippen molar-refractivity contribution in [3.05, 3.63) is 93.6 Å². The van der Waals surface area contributed by atoms with Crippen molar-refractivity contribution in [2.24, 2.45) is 4.99 Å². The zero-order chi connectivity index (χ0) is 24.8. The maximum Gasteiger partial charge on any atom is 0.363 e. The first-order chi connectivity index (χ1) is 17.0. The minimum Gasteiger partial charge on any atom is -0.494 e. The number of esters is 2. The van der Waals surface area contributed by atoms with E-state index >= 15 is 0 Å².